The van der Waals surface area contributed by atoms with Crippen molar-refractivity contribution in [1.29, 1.82) is 0 Å². The van der Waals surface area contributed by atoms with E-state index in [0.29, 0.717) is 18.0 Å². The van der Waals surface area contributed by atoms with Crippen LogP contribution in [0, 0.1) is 0 Å². The summed E-state index contributed by atoms with van der Waals surface area (Å²) in [5.74, 6) is 0.550. The van der Waals surface area contributed by atoms with E-state index in [4.69, 9.17) is 0 Å². The van der Waals surface area contributed by atoms with Gasteiger partial charge in [0.05, 0.1) is 6.33 Å². The van der Waals surface area contributed by atoms with Crippen LogP contribution in [0.5, 0.6) is 0 Å². The minimum Gasteiger partial charge on any atom is -0.364 e. The van der Waals surface area contributed by atoms with Gasteiger partial charge in [0, 0.05) is 24.6 Å². The molecule has 4 rings (SSSR count). The number of carbonyl (C=O) groups is 1. The van der Waals surface area contributed by atoms with Gasteiger partial charge in [0.15, 0.2) is 11.5 Å². The lowest BCUT2D eigenvalue weighted by atomic mass is 10.2. The topological polar surface area (TPSA) is 113 Å². The van der Waals surface area contributed by atoms with E-state index >= 15 is 0 Å². The summed E-state index contributed by atoms with van der Waals surface area (Å²) in [6.45, 7) is 0.724. The number of carbonyl (C=O) groups excluding carboxylic acids is 1. The maximum absolute atomic E-state index is 12.1. The molecule has 0 aliphatic rings. The Morgan fingerprint density at radius 3 is 3.04 bits per heavy atom. The second-order valence-corrected chi connectivity index (χ2v) is 5.63. The summed E-state index contributed by atoms with van der Waals surface area (Å²) in [5, 5.41) is 10.2. The minimum absolute atomic E-state index is 0.131. The van der Waals surface area contributed by atoms with Crippen LogP contribution in [0.1, 0.15) is 5.56 Å². The molecule has 0 aliphatic heterocycles. The van der Waals surface area contributed by atoms with Crippen LogP contribution < -0.4 is 10.6 Å². The molecule has 0 spiro atoms. The van der Waals surface area contributed by atoms with Gasteiger partial charge in [-0.3, -0.25) is 9.48 Å². The number of anilines is 2. The molecule has 0 saturated carbocycles. The summed E-state index contributed by atoms with van der Waals surface area (Å²) < 4.78 is 1.57. The third-order valence-electron chi connectivity index (χ3n) is 3.76. The highest BCUT2D eigenvalue weighted by Gasteiger charge is 2.07. The number of nitrogens with zero attached hydrogens (tertiary/aromatic N) is 5. The average Bonchev–Trinajstić information content (AvgIpc) is 3.31. The maximum Gasteiger partial charge on any atom is 0.246 e. The highest BCUT2D eigenvalue weighted by Crippen LogP contribution is 2.17. The first-order valence-electron chi connectivity index (χ1n) is 8.02. The Kier molecular flexibility index (Phi) is 4.25. The van der Waals surface area contributed by atoms with Crippen molar-refractivity contribution in [3.63, 3.8) is 0 Å². The summed E-state index contributed by atoms with van der Waals surface area (Å²) >= 11 is 0. The van der Waals surface area contributed by atoms with Gasteiger partial charge in [-0.05, 0) is 23.8 Å². The molecule has 26 heavy (non-hydrogen) atoms. The van der Waals surface area contributed by atoms with Crippen LogP contribution in [-0.4, -0.2) is 35.6 Å². The second kappa shape index (κ2) is 7.01. The molecule has 0 radical (unpaired) electrons. The summed E-state index contributed by atoms with van der Waals surface area (Å²) in [6.07, 6.45) is 6.44. The summed E-state index contributed by atoms with van der Waals surface area (Å²) in [6, 6.07) is 9.42. The molecular formula is C17H16N8O. The smallest absolute Gasteiger partial charge is 0.246 e. The molecule has 0 bridgehead atoms. The van der Waals surface area contributed by atoms with Crippen molar-refractivity contribution in [2.24, 2.45) is 0 Å². The standard InChI is InChI=1S/C17H16N8O/c26-14(9-25-6-2-5-23-25)24-13-4-1-3-12(7-13)8-18-16-15-17(20-10-19-15)22-11-21-16/h1-7,10-11H,8-9H2,(H,24,26)(H2,18,19,20,21,22). The normalized spacial score (nSPS) is 10.8. The number of nitrogens with one attached hydrogen (secondary N) is 3. The van der Waals surface area contributed by atoms with Crippen molar-refractivity contribution in [2.75, 3.05) is 10.6 Å². The highest BCUT2D eigenvalue weighted by molar-refractivity contribution is 5.90. The van der Waals surface area contributed by atoms with Crippen LogP contribution in [0.25, 0.3) is 11.2 Å². The van der Waals surface area contributed by atoms with E-state index in [9.17, 15) is 4.79 Å². The van der Waals surface area contributed by atoms with E-state index < -0.39 is 0 Å². The number of H-pyrrole nitrogens is 1. The first-order valence-corrected chi connectivity index (χ1v) is 8.02. The van der Waals surface area contributed by atoms with Gasteiger partial charge in [0.2, 0.25) is 5.91 Å². The molecule has 9 heteroatoms. The van der Waals surface area contributed by atoms with Crippen LogP contribution in [0.2, 0.25) is 0 Å². The van der Waals surface area contributed by atoms with E-state index in [1.165, 1.54) is 6.33 Å². The molecule has 0 unspecified atom stereocenters. The zero-order chi connectivity index (χ0) is 17.8. The van der Waals surface area contributed by atoms with E-state index in [0.717, 1.165) is 16.8 Å². The van der Waals surface area contributed by atoms with Gasteiger partial charge in [-0.1, -0.05) is 12.1 Å². The molecule has 3 heterocycles. The second-order valence-electron chi connectivity index (χ2n) is 5.63. The molecule has 1 amide bonds. The third kappa shape index (κ3) is 3.51. The van der Waals surface area contributed by atoms with E-state index in [2.05, 4.69) is 35.7 Å². The molecule has 9 nitrogen and oxygen atoms in total. The van der Waals surface area contributed by atoms with Crippen molar-refractivity contribution in [3.8, 4) is 0 Å². The minimum atomic E-state index is -0.131. The molecular weight excluding hydrogens is 332 g/mol. The summed E-state index contributed by atoms with van der Waals surface area (Å²) in [7, 11) is 0. The highest BCUT2D eigenvalue weighted by atomic mass is 16.2. The Hall–Kier alpha value is -3.75. The number of hydrogen-bond donors (Lipinski definition) is 3. The zero-order valence-corrected chi connectivity index (χ0v) is 13.8. The molecule has 0 atom stereocenters. The quantitative estimate of drug-likeness (QED) is 0.490. The van der Waals surface area contributed by atoms with Gasteiger partial charge in [0.25, 0.3) is 0 Å². The van der Waals surface area contributed by atoms with E-state index in [1.807, 2.05) is 24.3 Å². The van der Waals surface area contributed by atoms with Crippen LogP contribution in [-0.2, 0) is 17.9 Å². The largest absolute Gasteiger partial charge is 0.364 e. The monoisotopic (exact) mass is 348 g/mol. The van der Waals surface area contributed by atoms with Crippen molar-refractivity contribution >= 4 is 28.6 Å². The summed E-state index contributed by atoms with van der Waals surface area (Å²) in [5.41, 5.74) is 3.11. The Balaban J connectivity index is 1.41. The van der Waals surface area contributed by atoms with Crippen LogP contribution in [0.3, 0.4) is 0 Å². The predicted molar refractivity (Wildman–Crippen MR) is 96.3 cm³/mol. The fourth-order valence-electron chi connectivity index (χ4n) is 2.59. The van der Waals surface area contributed by atoms with Crippen LogP contribution >= 0.6 is 0 Å². The molecule has 0 saturated heterocycles. The lowest BCUT2D eigenvalue weighted by Gasteiger charge is -2.09. The molecule has 3 aromatic heterocycles. The Bertz CT molecular complexity index is 1020. The van der Waals surface area contributed by atoms with Crippen LogP contribution in [0.15, 0.2) is 55.4 Å². The first kappa shape index (κ1) is 15.8. The maximum atomic E-state index is 12.1. The van der Waals surface area contributed by atoms with E-state index in [-0.39, 0.29) is 12.5 Å². The van der Waals surface area contributed by atoms with Crippen molar-refractivity contribution in [2.45, 2.75) is 13.1 Å². The van der Waals surface area contributed by atoms with Gasteiger partial charge in [-0.25, -0.2) is 15.0 Å². The number of rotatable bonds is 6. The molecule has 3 N–H and O–H groups in total. The number of imidazole rings is 1. The predicted octanol–water partition coefficient (Wildman–Crippen LogP) is 1.80. The van der Waals surface area contributed by atoms with Gasteiger partial charge in [-0.15, -0.1) is 0 Å². The fourth-order valence-corrected chi connectivity index (χ4v) is 2.59. The fraction of sp³-hybridized carbons (Fsp3) is 0.118. The van der Waals surface area contributed by atoms with Gasteiger partial charge < -0.3 is 15.6 Å². The molecule has 0 aliphatic carbocycles. The number of fused-ring (bicyclic) bond motifs is 1. The Morgan fingerprint density at radius 2 is 2.15 bits per heavy atom. The van der Waals surface area contributed by atoms with Crippen LogP contribution in [0.4, 0.5) is 11.5 Å². The number of amides is 1. The van der Waals surface area contributed by atoms with E-state index in [1.54, 1.807) is 29.5 Å². The lowest BCUT2D eigenvalue weighted by molar-refractivity contribution is -0.116. The third-order valence-corrected chi connectivity index (χ3v) is 3.76. The van der Waals surface area contributed by atoms with Gasteiger partial charge in [-0.2, -0.15) is 5.10 Å². The number of benzene rings is 1. The number of aromatic nitrogens is 6. The van der Waals surface area contributed by atoms with Gasteiger partial charge in [0.1, 0.15) is 18.4 Å². The first-order chi connectivity index (χ1) is 12.8. The Morgan fingerprint density at radius 1 is 1.19 bits per heavy atom. The molecule has 0 fully saturated rings. The van der Waals surface area contributed by atoms with Crippen molar-refractivity contribution in [3.05, 3.63) is 60.9 Å². The SMILES string of the molecule is O=C(Cn1cccn1)Nc1cccc(CNc2ncnc3nc[nH]c23)c1. The van der Waals surface area contributed by atoms with Gasteiger partial charge >= 0.3 is 0 Å². The van der Waals surface area contributed by atoms with Crippen molar-refractivity contribution in [1.82, 2.24) is 29.7 Å². The number of hydrogen-bond acceptors (Lipinski definition) is 6. The van der Waals surface area contributed by atoms with Crippen molar-refractivity contribution < 1.29 is 4.79 Å². The molecule has 4 aromatic rings. The Labute approximate surface area is 148 Å². The molecule has 1 aromatic carbocycles. The number of aromatic amines is 1. The lowest BCUT2D eigenvalue weighted by Crippen LogP contribution is -2.19. The molecule has 130 valence electrons. The average molecular weight is 348 g/mol. The zero-order valence-electron chi connectivity index (χ0n) is 13.8. The summed E-state index contributed by atoms with van der Waals surface area (Å²) in [4.78, 5) is 27.5.